The minimum Gasteiger partial charge on any atom is -0.452 e. The first-order valence-electron chi connectivity index (χ1n) is 5.56. The molecule has 2 rings (SSSR count). The van der Waals surface area contributed by atoms with Gasteiger partial charge in [-0.3, -0.25) is 0 Å². The first-order valence-corrected chi connectivity index (χ1v) is 6.35. The molecular weight excluding hydrogens is 304 g/mol. The summed E-state index contributed by atoms with van der Waals surface area (Å²) in [6.45, 7) is 2.50. The summed E-state index contributed by atoms with van der Waals surface area (Å²) in [5.74, 6) is -1.18. The second kappa shape index (κ2) is 5.63. The van der Waals surface area contributed by atoms with Crippen molar-refractivity contribution in [2.24, 2.45) is 0 Å². The molecule has 0 amide bonds. The lowest BCUT2D eigenvalue weighted by Crippen LogP contribution is -2.22. The van der Waals surface area contributed by atoms with Crippen LogP contribution in [0.1, 0.15) is 24.3 Å². The minimum atomic E-state index is -0.860. The largest absolute Gasteiger partial charge is 0.452 e. The summed E-state index contributed by atoms with van der Waals surface area (Å²) in [6.07, 6.45) is 0. The van der Waals surface area contributed by atoms with Crippen molar-refractivity contribution in [2.45, 2.75) is 13.0 Å². The molecule has 0 radical (unpaired) electrons. The van der Waals surface area contributed by atoms with Crippen LogP contribution in [-0.2, 0) is 0 Å². The number of rotatable bonds is 4. The van der Waals surface area contributed by atoms with E-state index in [9.17, 15) is 8.78 Å². The van der Waals surface area contributed by atoms with E-state index in [-0.39, 0.29) is 5.56 Å². The van der Waals surface area contributed by atoms with Gasteiger partial charge in [0.2, 0.25) is 0 Å². The third kappa shape index (κ3) is 2.62. The van der Waals surface area contributed by atoms with Crippen molar-refractivity contribution in [3.8, 4) is 0 Å². The third-order valence-electron chi connectivity index (χ3n) is 2.58. The zero-order chi connectivity index (χ0) is 13.1. The number of halogens is 3. The quantitative estimate of drug-likeness (QED) is 0.922. The van der Waals surface area contributed by atoms with Gasteiger partial charge in [-0.15, -0.1) is 0 Å². The summed E-state index contributed by atoms with van der Waals surface area (Å²) in [7, 11) is 0. The van der Waals surface area contributed by atoms with Crippen molar-refractivity contribution < 1.29 is 13.2 Å². The van der Waals surface area contributed by atoms with Crippen LogP contribution in [0.15, 0.2) is 39.4 Å². The molecule has 1 N–H and O–H groups in total. The predicted octanol–water partition coefficient (Wildman–Crippen LogP) is 4.02. The van der Waals surface area contributed by atoms with Crippen LogP contribution in [0.3, 0.4) is 0 Å². The fraction of sp³-hybridized carbons (Fsp3) is 0.231. The maximum absolute atomic E-state index is 13.8. The molecule has 0 bridgehead atoms. The molecule has 1 aromatic carbocycles. The van der Waals surface area contributed by atoms with E-state index >= 15 is 0 Å². The lowest BCUT2D eigenvalue weighted by Gasteiger charge is -2.16. The maximum Gasteiger partial charge on any atom is 0.169 e. The van der Waals surface area contributed by atoms with Gasteiger partial charge < -0.3 is 9.73 Å². The van der Waals surface area contributed by atoms with Gasteiger partial charge in [0.05, 0.1) is 6.04 Å². The first-order chi connectivity index (χ1) is 8.63. The highest BCUT2D eigenvalue weighted by Crippen LogP contribution is 2.28. The Kier molecular flexibility index (Phi) is 4.14. The lowest BCUT2D eigenvalue weighted by molar-refractivity contribution is 0.420. The molecule has 2 aromatic rings. The molecule has 18 heavy (non-hydrogen) atoms. The summed E-state index contributed by atoms with van der Waals surface area (Å²) in [5, 5.41) is 3.08. The summed E-state index contributed by atoms with van der Waals surface area (Å²) in [6, 6.07) is 7.06. The van der Waals surface area contributed by atoms with Gasteiger partial charge in [-0.1, -0.05) is 19.1 Å². The Morgan fingerprint density at radius 2 is 2.06 bits per heavy atom. The van der Waals surface area contributed by atoms with E-state index in [0.29, 0.717) is 17.0 Å². The average Bonchev–Trinajstić information content (AvgIpc) is 2.77. The smallest absolute Gasteiger partial charge is 0.169 e. The molecule has 5 heteroatoms. The Labute approximate surface area is 112 Å². The molecule has 96 valence electrons. The fourth-order valence-corrected chi connectivity index (χ4v) is 2.11. The van der Waals surface area contributed by atoms with Gasteiger partial charge in [0, 0.05) is 5.56 Å². The zero-order valence-corrected chi connectivity index (χ0v) is 11.3. The SMILES string of the molecule is CCNC(c1ccc(Br)o1)c1cccc(F)c1F. The molecular formula is C13H12BrF2NO. The molecule has 1 heterocycles. The van der Waals surface area contributed by atoms with Crippen LogP contribution in [0.5, 0.6) is 0 Å². The topological polar surface area (TPSA) is 25.2 Å². The fourth-order valence-electron chi connectivity index (χ4n) is 1.79. The molecule has 0 aliphatic rings. The molecule has 0 saturated carbocycles. The van der Waals surface area contributed by atoms with Crippen LogP contribution in [0.4, 0.5) is 8.78 Å². The Hall–Kier alpha value is -1.20. The molecule has 1 atom stereocenters. The minimum absolute atomic E-state index is 0.235. The van der Waals surface area contributed by atoms with Gasteiger partial charge in [0.25, 0.3) is 0 Å². The highest BCUT2D eigenvalue weighted by Gasteiger charge is 2.21. The monoisotopic (exact) mass is 315 g/mol. The van der Waals surface area contributed by atoms with Gasteiger partial charge in [-0.05, 0) is 40.7 Å². The van der Waals surface area contributed by atoms with Crippen LogP contribution in [0, 0.1) is 11.6 Å². The molecule has 1 unspecified atom stereocenters. The highest BCUT2D eigenvalue weighted by molar-refractivity contribution is 9.10. The van der Waals surface area contributed by atoms with Crippen LogP contribution in [0.25, 0.3) is 0 Å². The normalized spacial score (nSPS) is 12.7. The van der Waals surface area contributed by atoms with Crippen molar-refractivity contribution in [1.82, 2.24) is 5.32 Å². The average molecular weight is 316 g/mol. The van der Waals surface area contributed by atoms with Gasteiger partial charge in [0.15, 0.2) is 16.3 Å². The number of nitrogens with one attached hydrogen (secondary N) is 1. The number of benzene rings is 1. The number of hydrogen-bond donors (Lipinski definition) is 1. The second-order valence-corrected chi connectivity index (χ2v) is 4.56. The molecule has 0 aliphatic heterocycles. The number of furan rings is 1. The maximum atomic E-state index is 13.8. The standard InChI is InChI=1S/C13H12BrF2NO/c1-2-17-13(10-6-7-11(14)18-10)8-4-3-5-9(15)12(8)16/h3-7,13,17H,2H2,1H3. The molecule has 0 fully saturated rings. The summed E-state index contributed by atoms with van der Waals surface area (Å²) in [4.78, 5) is 0. The molecule has 0 saturated heterocycles. The van der Waals surface area contributed by atoms with Crippen molar-refractivity contribution >= 4 is 15.9 Å². The van der Waals surface area contributed by atoms with Crippen molar-refractivity contribution in [1.29, 1.82) is 0 Å². The van der Waals surface area contributed by atoms with Crippen LogP contribution < -0.4 is 5.32 Å². The van der Waals surface area contributed by atoms with Gasteiger partial charge >= 0.3 is 0 Å². The molecule has 2 nitrogen and oxygen atoms in total. The molecule has 0 aliphatic carbocycles. The zero-order valence-electron chi connectivity index (χ0n) is 9.71. The number of hydrogen-bond acceptors (Lipinski definition) is 2. The van der Waals surface area contributed by atoms with E-state index < -0.39 is 17.7 Å². The van der Waals surface area contributed by atoms with E-state index in [2.05, 4.69) is 21.2 Å². The van der Waals surface area contributed by atoms with Crippen LogP contribution in [0.2, 0.25) is 0 Å². The van der Waals surface area contributed by atoms with Crippen LogP contribution in [-0.4, -0.2) is 6.54 Å². The summed E-state index contributed by atoms with van der Waals surface area (Å²) < 4.78 is 33.0. The van der Waals surface area contributed by atoms with Gasteiger partial charge in [-0.2, -0.15) is 0 Å². The van der Waals surface area contributed by atoms with E-state index in [1.807, 2.05) is 6.92 Å². The predicted molar refractivity (Wildman–Crippen MR) is 68.3 cm³/mol. The van der Waals surface area contributed by atoms with E-state index in [4.69, 9.17) is 4.42 Å². The van der Waals surface area contributed by atoms with Crippen molar-refractivity contribution in [2.75, 3.05) is 6.54 Å². The first kappa shape index (κ1) is 13.2. The molecule has 1 aromatic heterocycles. The Morgan fingerprint density at radius 3 is 2.67 bits per heavy atom. The highest BCUT2D eigenvalue weighted by atomic mass is 79.9. The summed E-state index contributed by atoms with van der Waals surface area (Å²) >= 11 is 3.19. The van der Waals surface area contributed by atoms with E-state index in [1.54, 1.807) is 18.2 Å². The Morgan fingerprint density at radius 1 is 1.28 bits per heavy atom. The van der Waals surface area contributed by atoms with Gasteiger partial charge in [0.1, 0.15) is 5.76 Å². The van der Waals surface area contributed by atoms with E-state index in [1.165, 1.54) is 6.07 Å². The van der Waals surface area contributed by atoms with Crippen molar-refractivity contribution in [3.63, 3.8) is 0 Å². The molecule has 0 spiro atoms. The Balaban J connectivity index is 2.44. The van der Waals surface area contributed by atoms with Crippen molar-refractivity contribution in [3.05, 3.63) is 58.0 Å². The van der Waals surface area contributed by atoms with Gasteiger partial charge in [-0.25, -0.2) is 8.78 Å². The third-order valence-corrected chi connectivity index (χ3v) is 3.01. The van der Waals surface area contributed by atoms with E-state index in [0.717, 1.165) is 6.07 Å². The summed E-state index contributed by atoms with van der Waals surface area (Å²) in [5.41, 5.74) is 0.235. The second-order valence-electron chi connectivity index (χ2n) is 3.78. The lowest BCUT2D eigenvalue weighted by atomic mass is 10.0. The Bertz CT molecular complexity index is 542. The van der Waals surface area contributed by atoms with Crippen LogP contribution >= 0.6 is 15.9 Å².